The van der Waals surface area contributed by atoms with Crippen molar-refractivity contribution in [3.8, 4) is 0 Å². The van der Waals surface area contributed by atoms with E-state index in [-0.39, 0.29) is 17.5 Å². The Morgan fingerprint density at radius 1 is 1.24 bits per heavy atom. The van der Waals surface area contributed by atoms with Crippen LogP contribution in [0, 0.1) is 0 Å². The minimum atomic E-state index is -0.174. The molecule has 0 radical (unpaired) electrons. The van der Waals surface area contributed by atoms with Crippen LogP contribution in [0.25, 0.3) is 5.65 Å². The van der Waals surface area contributed by atoms with Crippen molar-refractivity contribution in [1.82, 2.24) is 24.5 Å². The average Bonchev–Trinajstić information content (AvgIpc) is 3.44. The lowest BCUT2D eigenvalue weighted by molar-refractivity contribution is 0.0918. The van der Waals surface area contributed by atoms with Crippen LogP contribution in [-0.2, 0) is 0 Å². The summed E-state index contributed by atoms with van der Waals surface area (Å²) in [5.41, 5.74) is 1.24. The predicted molar refractivity (Wildman–Crippen MR) is 110 cm³/mol. The molecule has 3 aromatic heterocycles. The lowest BCUT2D eigenvalue weighted by Gasteiger charge is -2.26. The van der Waals surface area contributed by atoms with Gasteiger partial charge in [0.15, 0.2) is 5.65 Å². The van der Waals surface area contributed by atoms with E-state index in [1.54, 1.807) is 28.3 Å². The van der Waals surface area contributed by atoms with Crippen molar-refractivity contribution in [1.29, 1.82) is 0 Å². The highest BCUT2D eigenvalue weighted by molar-refractivity contribution is 6.00. The van der Waals surface area contributed by atoms with Gasteiger partial charge in [0, 0.05) is 31.4 Å². The molecule has 0 unspecified atom stereocenters. The Morgan fingerprint density at radius 3 is 2.76 bits per heavy atom. The van der Waals surface area contributed by atoms with Crippen molar-refractivity contribution in [2.75, 3.05) is 17.7 Å². The molecule has 9 nitrogen and oxygen atoms in total. The number of hydrogen-bond donors (Lipinski definition) is 3. The quantitative estimate of drug-likeness (QED) is 0.593. The van der Waals surface area contributed by atoms with E-state index in [0.29, 0.717) is 34.6 Å². The average molecular weight is 393 g/mol. The predicted octanol–water partition coefficient (Wildman–Crippen LogP) is 2.29. The highest BCUT2D eigenvalue weighted by Crippen LogP contribution is 2.33. The molecule has 5 rings (SSSR count). The lowest BCUT2D eigenvalue weighted by Crippen LogP contribution is -2.39. The van der Waals surface area contributed by atoms with Crippen molar-refractivity contribution >= 4 is 28.9 Å². The van der Waals surface area contributed by atoms with E-state index >= 15 is 0 Å². The molecule has 29 heavy (non-hydrogen) atoms. The molecule has 2 aliphatic carbocycles. The van der Waals surface area contributed by atoms with Gasteiger partial charge < -0.3 is 20.5 Å². The summed E-state index contributed by atoms with van der Waals surface area (Å²) >= 11 is 0. The molecule has 9 heteroatoms. The molecule has 0 aliphatic heterocycles. The number of nitrogens with one attached hydrogen (secondary N) is 3. The monoisotopic (exact) mass is 393 g/mol. The summed E-state index contributed by atoms with van der Waals surface area (Å²) in [6, 6.07) is 5.89. The van der Waals surface area contributed by atoms with Crippen molar-refractivity contribution in [3.63, 3.8) is 0 Å². The van der Waals surface area contributed by atoms with Crippen LogP contribution in [0.15, 0.2) is 35.4 Å². The fraction of sp³-hybridized carbons (Fsp3) is 0.400. The maximum absolute atomic E-state index is 12.7. The molecule has 3 aromatic rings. The molecule has 0 bridgehead atoms. The maximum Gasteiger partial charge on any atom is 0.274 e. The molecule has 0 atom stereocenters. The number of amides is 1. The number of rotatable bonds is 6. The summed E-state index contributed by atoms with van der Waals surface area (Å²) < 4.78 is 3.35. The first-order valence-electron chi connectivity index (χ1n) is 9.99. The molecular formula is C20H23N7O2. The lowest BCUT2D eigenvalue weighted by atomic mass is 9.93. The standard InChI is InChI=1S/C20H23N7O2/c1-21-17-10-16(24-15-6-3-9-26(20(15)29)13-7-8-13)25-18-14(11-22-27(17)18)19(28)23-12-4-2-5-12/h3,6,9-13,21H,2,4-5,7-8H2,1H3,(H,23,28)(H,24,25). The summed E-state index contributed by atoms with van der Waals surface area (Å²) in [6.07, 6.45) is 8.58. The Morgan fingerprint density at radius 2 is 2.07 bits per heavy atom. The second-order valence-electron chi connectivity index (χ2n) is 7.66. The third-order valence-corrected chi connectivity index (χ3v) is 5.59. The van der Waals surface area contributed by atoms with Crippen molar-refractivity contribution in [2.45, 2.75) is 44.2 Å². The second kappa shape index (κ2) is 6.91. The molecule has 0 saturated heterocycles. The van der Waals surface area contributed by atoms with E-state index < -0.39 is 0 Å². The van der Waals surface area contributed by atoms with E-state index in [9.17, 15) is 9.59 Å². The van der Waals surface area contributed by atoms with Gasteiger partial charge in [-0.25, -0.2) is 4.98 Å². The Hall–Kier alpha value is -3.36. The van der Waals surface area contributed by atoms with E-state index in [4.69, 9.17) is 0 Å². The van der Waals surface area contributed by atoms with Crippen LogP contribution in [0.2, 0.25) is 0 Å². The van der Waals surface area contributed by atoms with Gasteiger partial charge in [-0.1, -0.05) is 0 Å². The summed E-state index contributed by atoms with van der Waals surface area (Å²) in [5.74, 6) is 0.969. The number of anilines is 3. The molecule has 150 valence electrons. The highest BCUT2D eigenvalue weighted by Gasteiger charge is 2.25. The second-order valence-corrected chi connectivity index (χ2v) is 7.66. The number of carbonyl (C=O) groups excluding carboxylic acids is 1. The van der Waals surface area contributed by atoms with Crippen molar-refractivity contribution in [3.05, 3.63) is 46.5 Å². The van der Waals surface area contributed by atoms with E-state index in [0.717, 1.165) is 32.1 Å². The van der Waals surface area contributed by atoms with Crippen molar-refractivity contribution < 1.29 is 4.79 Å². The van der Waals surface area contributed by atoms with Crippen LogP contribution in [-0.4, -0.2) is 38.2 Å². The van der Waals surface area contributed by atoms with Crippen molar-refractivity contribution in [2.24, 2.45) is 0 Å². The largest absolute Gasteiger partial charge is 0.373 e. The Kier molecular flexibility index (Phi) is 4.22. The van der Waals surface area contributed by atoms with Gasteiger partial charge in [0.1, 0.15) is 22.9 Å². The van der Waals surface area contributed by atoms with Gasteiger partial charge in [-0.2, -0.15) is 9.61 Å². The molecular weight excluding hydrogens is 370 g/mol. The zero-order valence-electron chi connectivity index (χ0n) is 16.2. The van der Waals surface area contributed by atoms with Gasteiger partial charge in [-0.05, 0) is 44.2 Å². The third kappa shape index (κ3) is 3.22. The van der Waals surface area contributed by atoms with E-state index in [1.807, 2.05) is 12.3 Å². The normalized spacial score (nSPS) is 16.4. The molecule has 0 aromatic carbocycles. The number of carbonyl (C=O) groups is 1. The maximum atomic E-state index is 12.7. The molecule has 2 aliphatic rings. The Bertz CT molecular complexity index is 1140. The topological polar surface area (TPSA) is 105 Å². The van der Waals surface area contributed by atoms with Crippen LogP contribution >= 0.6 is 0 Å². The molecule has 2 saturated carbocycles. The van der Waals surface area contributed by atoms with Crippen LogP contribution < -0.4 is 21.5 Å². The van der Waals surface area contributed by atoms with E-state index in [2.05, 4.69) is 26.0 Å². The molecule has 1 amide bonds. The number of aromatic nitrogens is 4. The van der Waals surface area contributed by atoms with Crippen LogP contribution in [0.5, 0.6) is 0 Å². The van der Waals surface area contributed by atoms with Gasteiger partial charge in [-0.3, -0.25) is 9.59 Å². The number of hydrogen-bond acceptors (Lipinski definition) is 6. The summed E-state index contributed by atoms with van der Waals surface area (Å²) in [7, 11) is 1.77. The van der Waals surface area contributed by atoms with Crippen LogP contribution in [0.3, 0.4) is 0 Å². The van der Waals surface area contributed by atoms with Crippen LogP contribution in [0.4, 0.5) is 17.3 Å². The minimum absolute atomic E-state index is 0.0702. The SMILES string of the molecule is CNc1cc(Nc2cccn(C3CC3)c2=O)nc2c(C(=O)NC3CCC3)cnn12. The first-order valence-corrected chi connectivity index (χ1v) is 9.99. The zero-order valence-corrected chi connectivity index (χ0v) is 16.2. The summed E-state index contributed by atoms with van der Waals surface area (Å²) in [5, 5.41) is 13.5. The molecule has 3 N–H and O–H groups in total. The zero-order chi connectivity index (χ0) is 20.0. The highest BCUT2D eigenvalue weighted by atomic mass is 16.2. The fourth-order valence-electron chi connectivity index (χ4n) is 3.56. The number of fused-ring (bicyclic) bond motifs is 1. The number of nitrogens with zero attached hydrogens (tertiary/aromatic N) is 4. The van der Waals surface area contributed by atoms with E-state index in [1.165, 1.54) is 6.20 Å². The fourth-order valence-corrected chi connectivity index (χ4v) is 3.56. The van der Waals surface area contributed by atoms with Gasteiger partial charge in [-0.15, -0.1) is 0 Å². The molecule has 0 spiro atoms. The minimum Gasteiger partial charge on any atom is -0.373 e. The third-order valence-electron chi connectivity index (χ3n) is 5.59. The van der Waals surface area contributed by atoms with Gasteiger partial charge in [0.25, 0.3) is 11.5 Å². The summed E-state index contributed by atoms with van der Waals surface area (Å²) in [6.45, 7) is 0. The Balaban J connectivity index is 1.51. The number of pyridine rings is 1. The van der Waals surface area contributed by atoms with Gasteiger partial charge in [0.2, 0.25) is 0 Å². The first kappa shape index (κ1) is 17.7. The molecule has 3 heterocycles. The molecule has 2 fully saturated rings. The smallest absolute Gasteiger partial charge is 0.274 e. The van der Waals surface area contributed by atoms with Crippen LogP contribution in [0.1, 0.15) is 48.5 Å². The Labute approximate surface area is 167 Å². The first-order chi connectivity index (χ1) is 14.1. The van der Waals surface area contributed by atoms with Gasteiger partial charge in [0.05, 0.1) is 6.20 Å². The summed E-state index contributed by atoms with van der Waals surface area (Å²) in [4.78, 5) is 30.0. The van der Waals surface area contributed by atoms with Gasteiger partial charge >= 0.3 is 0 Å².